The van der Waals surface area contributed by atoms with Crippen LogP contribution in [0.4, 0.5) is 0 Å². The molecule has 0 aromatic rings. The van der Waals surface area contributed by atoms with Crippen LogP contribution in [-0.4, -0.2) is 37.1 Å². The average molecular weight is 226 g/mol. The van der Waals surface area contributed by atoms with Crippen LogP contribution in [0.2, 0.25) is 0 Å². The number of hydrogen-bond acceptors (Lipinski definition) is 2. The van der Waals surface area contributed by atoms with Crippen molar-refractivity contribution in [1.82, 2.24) is 10.2 Å². The summed E-state index contributed by atoms with van der Waals surface area (Å²) in [6.07, 6.45) is 9.92. The highest BCUT2D eigenvalue weighted by molar-refractivity contribution is 4.81. The summed E-state index contributed by atoms with van der Waals surface area (Å²) in [6.45, 7) is 6.56. The van der Waals surface area contributed by atoms with Crippen molar-refractivity contribution in [2.24, 2.45) is 0 Å². The van der Waals surface area contributed by atoms with Gasteiger partial charge in [0.15, 0.2) is 0 Å². The van der Waals surface area contributed by atoms with E-state index in [1.54, 1.807) is 0 Å². The predicted octanol–water partition coefficient (Wildman–Crippen LogP) is 3.03. The first-order chi connectivity index (χ1) is 7.84. The molecule has 1 heterocycles. The lowest BCUT2D eigenvalue weighted by molar-refractivity contribution is 0.213. The van der Waals surface area contributed by atoms with Gasteiger partial charge in [-0.2, -0.15) is 0 Å². The highest BCUT2D eigenvalue weighted by Gasteiger charge is 2.20. The molecule has 2 heteroatoms. The quantitative estimate of drug-likeness (QED) is 0.778. The highest BCUT2D eigenvalue weighted by Crippen LogP contribution is 2.19. The standard InChI is InChI=1S/C12H24N2.C2H6/c1-14-9-7-12(8-10-14)13-11-5-3-2-4-6-11;1-2/h11-13H,2-10H2,1H3;1-2H3. The van der Waals surface area contributed by atoms with Crippen molar-refractivity contribution < 1.29 is 0 Å². The van der Waals surface area contributed by atoms with Gasteiger partial charge >= 0.3 is 0 Å². The molecular weight excluding hydrogens is 196 g/mol. The summed E-state index contributed by atoms with van der Waals surface area (Å²) in [5, 5.41) is 3.85. The number of piperidine rings is 1. The third-order valence-corrected chi connectivity index (χ3v) is 3.80. The Labute approximate surface area is 102 Å². The van der Waals surface area contributed by atoms with E-state index in [2.05, 4.69) is 17.3 Å². The first-order valence-electron chi connectivity index (χ1n) is 7.29. The van der Waals surface area contributed by atoms with Gasteiger partial charge in [0.1, 0.15) is 0 Å². The highest BCUT2D eigenvalue weighted by atomic mass is 15.1. The number of likely N-dealkylation sites (tertiary alicyclic amines) is 1. The van der Waals surface area contributed by atoms with Crippen LogP contribution >= 0.6 is 0 Å². The predicted molar refractivity (Wildman–Crippen MR) is 71.9 cm³/mol. The lowest BCUT2D eigenvalue weighted by atomic mass is 9.93. The van der Waals surface area contributed by atoms with Crippen LogP contribution in [0.3, 0.4) is 0 Å². The van der Waals surface area contributed by atoms with Crippen molar-refractivity contribution >= 4 is 0 Å². The smallest absolute Gasteiger partial charge is 0.00939 e. The second-order valence-electron chi connectivity index (χ2n) is 5.08. The van der Waals surface area contributed by atoms with Gasteiger partial charge in [-0.05, 0) is 45.8 Å². The number of nitrogens with one attached hydrogen (secondary N) is 1. The van der Waals surface area contributed by atoms with E-state index in [4.69, 9.17) is 0 Å². The molecule has 0 spiro atoms. The molecule has 0 radical (unpaired) electrons. The van der Waals surface area contributed by atoms with Crippen LogP contribution in [0.15, 0.2) is 0 Å². The first kappa shape index (κ1) is 14.0. The van der Waals surface area contributed by atoms with Gasteiger partial charge in [-0.3, -0.25) is 0 Å². The third-order valence-electron chi connectivity index (χ3n) is 3.80. The lowest BCUT2D eigenvalue weighted by Crippen LogP contribution is -2.45. The maximum Gasteiger partial charge on any atom is 0.00939 e. The fourth-order valence-corrected chi connectivity index (χ4v) is 2.78. The fraction of sp³-hybridized carbons (Fsp3) is 1.00. The van der Waals surface area contributed by atoms with E-state index in [1.165, 1.54) is 58.0 Å². The Morgan fingerprint density at radius 3 is 1.88 bits per heavy atom. The molecule has 16 heavy (non-hydrogen) atoms. The summed E-state index contributed by atoms with van der Waals surface area (Å²) < 4.78 is 0. The van der Waals surface area contributed by atoms with Crippen molar-refractivity contribution in [3.63, 3.8) is 0 Å². The average Bonchev–Trinajstić information content (AvgIpc) is 2.36. The molecule has 96 valence electrons. The van der Waals surface area contributed by atoms with Crippen molar-refractivity contribution in [3.05, 3.63) is 0 Å². The van der Waals surface area contributed by atoms with Crippen molar-refractivity contribution in [2.45, 2.75) is 70.9 Å². The molecule has 1 aliphatic heterocycles. The minimum absolute atomic E-state index is 0.814. The Kier molecular flexibility index (Phi) is 7.06. The molecule has 0 aromatic carbocycles. The molecule has 2 fully saturated rings. The van der Waals surface area contributed by atoms with E-state index in [0.717, 1.165) is 12.1 Å². The SMILES string of the molecule is CC.CN1CCC(NC2CCCCC2)CC1. The van der Waals surface area contributed by atoms with E-state index in [1.807, 2.05) is 13.8 Å². The Bertz CT molecular complexity index is 156. The zero-order valence-electron chi connectivity index (χ0n) is 11.5. The molecule has 2 aliphatic rings. The van der Waals surface area contributed by atoms with Gasteiger partial charge in [0.05, 0.1) is 0 Å². The number of nitrogens with zero attached hydrogens (tertiary/aromatic N) is 1. The Balaban J connectivity index is 0.000000606. The monoisotopic (exact) mass is 226 g/mol. The van der Waals surface area contributed by atoms with Crippen LogP contribution in [0.25, 0.3) is 0 Å². The largest absolute Gasteiger partial charge is 0.311 e. The van der Waals surface area contributed by atoms with Gasteiger partial charge in [0.25, 0.3) is 0 Å². The van der Waals surface area contributed by atoms with Crippen molar-refractivity contribution in [2.75, 3.05) is 20.1 Å². The zero-order valence-corrected chi connectivity index (χ0v) is 11.5. The summed E-state index contributed by atoms with van der Waals surface area (Å²) in [6, 6.07) is 1.66. The molecule has 0 aromatic heterocycles. The minimum Gasteiger partial charge on any atom is -0.311 e. The minimum atomic E-state index is 0.814. The summed E-state index contributed by atoms with van der Waals surface area (Å²) >= 11 is 0. The van der Waals surface area contributed by atoms with Gasteiger partial charge in [-0.25, -0.2) is 0 Å². The van der Waals surface area contributed by atoms with Crippen LogP contribution < -0.4 is 5.32 Å². The molecule has 0 unspecified atom stereocenters. The molecule has 2 rings (SSSR count). The van der Waals surface area contributed by atoms with E-state index >= 15 is 0 Å². The second kappa shape index (κ2) is 8.08. The lowest BCUT2D eigenvalue weighted by Gasteiger charge is -2.34. The van der Waals surface area contributed by atoms with E-state index in [0.29, 0.717) is 0 Å². The van der Waals surface area contributed by atoms with Gasteiger partial charge in [-0.1, -0.05) is 33.1 Å². The maximum atomic E-state index is 3.85. The van der Waals surface area contributed by atoms with E-state index in [9.17, 15) is 0 Å². The molecule has 1 aliphatic carbocycles. The Morgan fingerprint density at radius 1 is 0.812 bits per heavy atom. The van der Waals surface area contributed by atoms with Crippen LogP contribution in [0.1, 0.15) is 58.8 Å². The van der Waals surface area contributed by atoms with Crippen LogP contribution in [-0.2, 0) is 0 Å². The Hall–Kier alpha value is -0.0800. The zero-order chi connectivity index (χ0) is 11.8. The molecular formula is C14H30N2. The number of hydrogen-bond donors (Lipinski definition) is 1. The molecule has 1 saturated carbocycles. The normalized spacial score (nSPS) is 24.9. The first-order valence-corrected chi connectivity index (χ1v) is 7.29. The molecule has 1 saturated heterocycles. The molecule has 1 N–H and O–H groups in total. The maximum absolute atomic E-state index is 3.85. The third kappa shape index (κ3) is 4.84. The Morgan fingerprint density at radius 2 is 1.31 bits per heavy atom. The molecule has 0 atom stereocenters. The van der Waals surface area contributed by atoms with Crippen LogP contribution in [0.5, 0.6) is 0 Å². The van der Waals surface area contributed by atoms with Gasteiger partial charge in [-0.15, -0.1) is 0 Å². The topological polar surface area (TPSA) is 15.3 Å². The fourth-order valence-electron chi connectivity index (χ4n) is 2.78. The summed E-state index contributed by atoms with van der Waals surface area (Å²) in [7, 11) is 2.23. The van der Waals surface area contributed by atoms with E-state index < -0.39 is 0 Å². The van der Waals surface area contributed by atoms with Crippen LogP contribution in [0, 0.1) is 0 Å². The van der Waals surface area contributed by atoms with Crippen molar-refractivity contribution in [3.8, 4) is 0 Å². The van der Waals surface area contributed by atoms with Gasteiger partial charge in [0, 0.05) is 12.1 Å². The summed E-state index contributed by atoms with van der Waals surface area (Å²) in [5.74, 6) is 0. The summed E-state index contributed by atoms with van der Waals surface area (Å²) in [5.41, 5.74) is 0. The molecule has 2 nitrogen and oxygen atoms in total. The molecule has 0 amide bonds. The number of rotatable bonds is 2. The van der Waals surface area contributed by atoms with Crippen molar-refractivity contribution in [1.29, 1.82) is 0 Å². The second-order valence-corrected chi connectivity index (χ2v) is 5.08. The van der Waals surface area contributed by atoms with Gasteiger partial charge < -0.3 is 10.2 Å². The molecule has 0 bridgehead atoms. The van der Waals surface area contributed by atoms with E-state index in [-0.39, 0.29) is 0 Å². The summed E-state index contributed by atoms with van der Waals surface area (Å²) in [4.78, 5) is 2.44. The van der Waals surface area contributed by atoms with Gasteiger partial charge in [0.2, 0.25) is 0 Å².